The number of rotatable bonds is 3. The van der Waals surface area contributed by atoms with E-state index in [1.54, 1.807) is 0 Å². The zero-order chi connectivity index (χ0) is 20.9. The van der Waals surface area contributed by atoms with Crippen molar-refractivity contribution in [3.05, 3.63) is 63.2 Å². The van der Waals surface area contributed by atoms with Crippen molar-refractivity contribution in [3.63, 3.8) is 0 Å². The normalized spacial score (nSPS) is 23.7. The van der Waals surface area contributed by atoms with Crippen molar-refractivity contribution in [3.8, 4) is 5.75 Å². The Morgan fingerprint density at radius 2 is 1.93 bits per heavy atom. The molecule has 160 valence electrons. The van der Waals surface area contributed by atoms with E-state index in [1.165, 1.54) is 24.0 Å². The molecule has 0 saturated carbocycles. The maximum Gasteiger partial charge on any atom is 0.126 e. The minimum Gasteiger partial charge on any atom is -0.487 e. The molecule has 0 radical (unpaired) electrons. The fraction of sp³-hybridized carbons (Fsp3) is 0.520. The molecule has 0 aromatic heterocycles. The summed E-state index contributed by atoms with van der Waals surface area (Å²) in [5.41, 5.74) is 5.31. The summed E-state index contributed by atoms with van der Waals surface area (Å²) in [5, 5.41) is 22.2. The molecule has 2 aliphatic heterocycles. The molecule has 3 aliphatic rings. The zero-order valence-corrected chi connectivity index (χ0v) is 18.3. The van der Waals surface area contributed by atoms with Crippen LogP contribution in [0.3, 0.4) is 0 Å². The third-order valence-electron chi connectivity index (χ3n) is 7.25. The van der Waals surface area contributed by atoms with Gasteiger partial charge in [-0.1, -0.05) is 29.8 Å². The van der Waals surface area contributed by atoms with E-state index in [1.807, 2.05) is 19.1 Å². The standard InChI is InChI=1S/C25H30ClNO3/c1-16-11-24-20(13-21(16)26)22(28)14-25(30-24)7-9-27(10-8-25)15-23(29)19-6-5-17-3-2-4-18(17)12-19/h5-6,11-13,22-23,28-29H,2-4,7-10,14-15H2,1H3/t22-,23-/m1/s1. The van der Waals surface area contributed by atoms with E-state index in [0.29, 0.717) is 18.0 Å². The van der Waals surface area contributed by atoms with E-state index in [4.69, 9.17) is 16.3 Å². The first-order valence-electron chi connectivity index (χ1n) is 11.1. The van der Waals surface area contributed by atoms with Crippen molar-refractivity contribution in [2.45, 2.75) is 63.3 Å². The number of piperidine rings is 1. The van der Waals surface area contributed by atoms with Crippen LogP contribution >= 0.6 is 11.6 Å². The van der Waals surface area contributed by atoms with Gasteiger partial charge in [0, 0.05) is 36.6 Å². The Kier molecular flexibility index (Phi) is 5.30. The number of aliphatic hydroxyl groups excluding tert-OH is 2. The van der Waals surface area contributed by atoms with Crippen LogP contribution in [0.25, 0.3) is 0 Å². The van der Waals surface area contributed by atoms with Gasteiger partial charge in [-0.05, 0) is 73.4 Å². The first-order chi connectivity index (χ1) is 14.4. The van der Waals surface area contributed by atoms with Gasteiger partial charge in [-0.15, -0.1) is 0 Å². The van der Waals surface area contributed by atoms with Crippen molar-refractivity contribution in [2.24, 2.45) is 0 Å². The summed E-state index contributed by atoms with van der Waals surface area (Å²) in [6.45, 7) is 4.32. The molecule has 2 atom stereocenters. The summed E-state index contributed by atoms with van der Waals surface area (Å²) in [7, 11) is 0. The van der Waals surface area contributed by atoms with Crippen LogP contribution in [0, 0.1) is 6.92 Å². The summed E-state index contributed by atoms with van der Waals surface area (Å²) in [6.07, 6.45) is 4.81. The maximum atomic E-state index is 10.8. The SMILES string of the molecule is Cc1cc2c(cc1Cl)[C@H](O)CC1(CCN(C[C@@H](O)c3ccc4c(c3)CCC4)CC1)O2. The number of ether oxygens (including phenoxy) is 1. The minimum atomic E-state index is -0.546. The van der Waals surface area contributed by atoms with Crippen molar-refractivity contribution in [1.29, 1.82) is 0 Å². The highest BCUT2D eigenvalue weighted by molar-refractivity contribution is 6.31. The second-order valence-corrected chi connectivity index (χ2v) is 9.75. The Morgan fingerprint density at radius 1 is 1.17 bits per heavy atom. The molecule has 0 amide bonds. The van der Waals surface area contributed by atoms with Gasteiger partial charge >= 0.3 is 0 Å². The number of fused-ring (bicyclic) bond motifs is 2. The van der Waals surface area contributed by atoms with Crippen molar-refractivity contribution >= 4 is 11.6 Å². The molecule has 4 nitrogen and oxygen atoms in total. The smallest absolute Gasteiger partial charge is 0.126 e. The largest absolute Gasteiger partial charge is 0.487 e. The molecule has 1 fully saturated rings. The Balaban J connectivity index is 1.23. The molecule has 2 N–H and O–H groups in total. The molecule has 2 heterocycles. The van der Waals surface area contributed by atoms with Gasteiger partial charge in [-0.25, -0.2) is 0 Å². The molecule has 0 bridgehead atoms. The number of benzene rings is 2. The number of likely N-dealkylation sites (tertiary alicyclic amines) is 1. The van der Waals surface area contributed by atoms with Crippen LogP contribution in [0.5, 0.6) is 5.75 Å². The molecule has 5 heteroatoms. The van der Waals surface area contributed by atoms with E-state index < -0.39 is 12.2 Å². The van der Waals surface area contributed by atoms with Crippen LogP contribution in [-0.2, 0) is 12.8 Å². The number of hydrogen-bond acceptors (Lipinski definition) is 4. The molecule has 30 heavy (non-hydrogen) atoms. The summed E-state index contributed by atoms with van der Waals surface area (Å²) in [4.78, 5) is 2.32. The van der Waals surface area contributed by atoms with Gasteiger partial charge in [-0.3, -0.25) is 0 Å². The average molecular weight is 428 g/mol. The molecule has 2 aromatic carbocycles. The van der Waals surface area contributed by atoms with Gasteiger partial charge in [0.2, 0.25) is 0 Å². The molecule has 5 rings (SSSR count). The predicted octanol–water partition coefficient (Wildman–Crippen LogP) is 4.52. The second-order valence-electron chi connectivity index (χ2n) is 9.34. The second kappa shape index (κ2) is 7.83. The van der Waals surface area contributed by atoms with E-state index in [2.05, 4.69) is 23.1 Å². The fourth-order valence-electron chi connectivity index (χ4n) is 5.35. The highest BCUT2D eigenvalue weighted by atomic mass is 35.5. The first kappa shape index (κ1) is 20.3. The van der Waals surface area contributed by atoms with E-state index in [-0.39, 0.29) is 5.60 Å². The van der Waals surface area contributed by atoms with Gasteiger partial charge in [-0.2, -0.15) is 0 Å². The van der Waals surface area contributed by atoms with Crippen molar-refractivity contribution in [2.75, 3.05) is 19.6 Å². The van der Waals surface area contributed by atoms with Gasteiger partial charge < -0.3 is 19.8 Å². The van der Waals surface area contributed by atoms with Crippen LogP contribution in [0.4, 0.5) is 0 Å². The molecule has 2 aromatic rings. The maximum absolute atomic E-state index is 10.8. The Bertz CT molecular complexity index is 952. The number of aliphatic hydroxyl groups is 2. The van der Waals surface area contributed by atoms with E-state index >= 15 is 0 Å². The van der Waals surface area contributed by atoms with Crippen LogP contribution in [0.2, 0.25) is 5.02 Å². The Hall–Kier alpha value is -1.59. The highest BCUT2D eigenvalue weighted by Crippen LogP contribution is 2.45. The van der Waals surface area contributed by atoms with Crippen LogP contribution in [-0.4, -0.2) is 40.3 Å². The Labute approximate surface area is 183 Å². The van der Waals surface area contributed by atoms with Crippen LogP contribution in [0.1, 0.15) is 65.7 Å². The third-order valence-corrected chi connectivity index (χ3v) is 7.65. The molecular formula is C25H30ClNO3. The fourth-order valence-corrected chi connectivity index (χ4v) is 5.53. The number of β-amino-alcohol motifs (C(OH)–C–C–N with tert-alkyl or cyclic N) is 1. The third kappa shape index (κ3) is 3.75. The predicted molar refractivity (Wildman–Crippen MR) is 118 cm³/mol. The monoisotopic (exact) mass is 427 g/mol. The van der Waals surface area contributed by atoms with E-state index in [0.717, 1.165) is 54.8 Å². The lowest BCUT2D eigenvalue weighted by Crippen LogP contribution is -2.51. The number of aryl methyl sites for hydroxylation is 3. The molecule has 1 spiro atoms. The summed E-state index contributed by atoms with van der Waals surface area (Å²) < 4.78 is 6.45. The summed E-state index contributed by atoms with van der Waals surface area (Å²) in [6, 6.07) is 10.3. The molecule has 1 aliphatic carbocycles. The van der Waals surface area contributed by atoms with Crippen LogP contribution in [0.15, 0.2) is 30.3 Å². The van der Waals surface area contributed by atoms with E-state index in [9.17, 15) is 10.2 Å². The van der Waals surface area contributed by atoms with Gasteiger partial charge in [0.15, 0.2) is 0 Å². The quantitative estimate of drug-likeness (QED) is 0.756. The van der Waals surface area contributed by atoms with Gasteiger partial charge in [0.1, 0.15) is 11.4 Å². The molecule has 1 saturated heterocycles. The highest BCUT2D eigenvalue weighted by Gasteiger charge is 2.43. The topological polar surface area (TPSA) is 52.9 Å². The summed E-state index contributed by atoms with van der Waals surface area (Å²) >= 11 is 6.24. The number of hydrogen-bond donors (Lipinski definition) is 2. The van der Waals surface area contributed by atoms with Gasteiger partial charge in [0.05, 0.1) is 12.2 Å². The van der Waals surface area contributed by atoms with Crippen LogP contribution < -0.4 is 4.74 Å². The van der Waals surface area contributed by atoms with Crippen molar-refractivity contribution in [1.82, 2.24) is 4.90 Å². The minimum absolute atomic E-state index is 0.332. The van der Waals surface area contributed by atoms with Gasteiger partial charge in [0.25, 0.3) is 0 Å². The molecule has 0 unspecified atom stereocenters. The average Bonchev–Trinajstić information content (AvgIpc) is 3.19. The summed E-state index contributed by atoms with van der Waals surface area (Å²) in [5.74, 6) is 0.766. The van der Waals surface area contributed by atoms with Crippen molar-refractivity contribution < 1.29 is 14.9 Å². The lowest BCUT2D eigenvalue weighted by Gasteiger charge is -2.46. The lowest BCUT2D eigenvalue weighted by molar-refractivity contribution is -0.0588. The Morgan fingerprint density at radius 3 is 2.73 bits per heavy atom. The molecular weight excluding hydrogens is 398 g/mol. The first-order valence-corrected chi connectivity index (χ1v) is 11.5. The number of halogens is 1. The lowest BCUT2D eigenvalue weighted by atomic mass is 9.81. The number of nitrogens with zero attached hydrogens (tertiary/aromatic N) is 1. The zero-order valence-electron chi connectivity index (χ0n) is 17.5.